The molecule has 1 heterocycles. The Morgan fingerprint density at radius 2 is 2.29 bits per heavy atom. The molecule has 1 aliphatic heterocycles. The highest BCUT2D eigenvalue weighted by molar-refractivity contribution is 7.99. The van der Waals surface area contributed by atoms with Gasteiger partial charge in [-0.2, -0.15) is 11.8 Å². The molecular weight excluding hydrogens is 194 g/mol. The van der Waals surface area contributed by atoms with E-state index in [1.54, 1.807) is 0 Å². The summed E-state index contributed by atoms with van der Waals surface area (Å²) in [5.41, 5.74) is 0.417. The molecule has 0 saturated carbocycles. The second-order valence-corrected chi connectivity index (χ2v) is 6.21. The van der Waals surface area contributed by atoms with Crippen LogP contribution in [0.15, 0.2) is 0 Å². The predicted octanol–water partition coefficient (Wildman–Crippen LogP) is 1.74. The molecule has 0 aromatic carbocycles. The molecule has 0 amide bonds. The summed E-state index contributed by atoms with van der Waals surface area (Å²) in [6.45, 7) is 7.98. The van der Waals surface area contributed by atoms with Crippen LogP contribution in [0.2, 0.25) is 0 Å². The van der Waals surface area contributed by atoms with Gasteiger partial charge in [-0.25, -0.2) is 0 Å². The highest BCUT2D eigenvalue weighted by atomic mass is 32.2. The quantitative estimate of drug-likeness (QED) is 0.752. The number of thioether (sulfide) groups is 1. The van der Waals surface area contributed by atoms with Gasteiger partial charge in [-0.15, -0.1) is 0 Å². The van der Waals surface area contributed by atoms with Crippen molar-refractivity contribution in [2.24, 2.45) is 11.3 Å². The number of nitrogens with one attached hydrogen (secondary N) is 1. The van der Waals surface area contributed by atoms with E-state index in [-0.39, 0.29) is 6.61 Å². The Labute approximate surface area is 91.9 Å². The Bertz CT molecular complexity index is 173. The van der Waals surface area contributed by atoms with E-state index in [1.165, 1.54) is 17.9 Å². The fourth-order valence-corrected chi connectivity index (χ4v) is 3.32. The van der Waals surface area contributed by atoms with Gasteiger partial charge in [0, 0.05) is 24.9 Å². The first-order valence-electron chi connectivity index (χ1n) is 5.48. The summed E-state index contributed by atoms with van der Waals surface area (Å²) in [5, 5.41) is 12.5. The molecule has 2 nitrogen and oxygen atoms in total. The van der Waals surface area contributed by atoms with Gasteiger partial charge in [-0.3, -0.25) is 0 Å². The molecule has 3 heteroatoms. The minimum atomic E-state index is 0.285. The summed E-state index contributed by atoms with van der Waals surface area (Å²) in [4.78, 5) is 0. The summed E-state index contributed by atoms with van der Waals surface area (Å²) in [7, 11) is 0. The zero-order valence-electron chi connectivity index (χ0n) is 9.55. The molecular formula is C11H23NOS. The Hall–Kier alpha value is 0.270. The third kappa shape index (κ3) is 3.44. The largest absolute Gasteiger partial charge is 0.396 e. The SMILES string of the molecule is CC(CO)CNC1CSCCC1(C)C. The molecule has 0 aromatic rings. The first kappa shape index (κ1) is 12.3. The fraction of sp³-hybridized carbons (Fsp3) is 1.00. The summed E-state index contributed by atoms with van der Waals surface area (Å²) >= 11 is 2.04. The first-order chi connectivity index (χ1) is 6.56. The summed E-state index contributed by atoms with van der Waals surface area (Å²) < 4.78 is 0. The van der Waals surface area contributed by atoms with E-state index in [2.05, 4.69) is 26.1 Å². The van der Waals surface area contributed by atoms with Crippen LogP contribution in [0.3, 0.4) is 0 Å². The Morgan fingerprint density at radius 3 is 2.86 bits per heavy atom. The molecule has 1 rings (SSSR count). The highest BCUT2D eigenvalue weighted by Gasteiger charge is 2.32. The number of rotatable bonds is 4. The van der Waals surface area contributed by atoms with E-state index in [1.807, 2.05) is 11.8 Å². The molecule has 2 unspecified atom stereocenters. The van der Waals surface area contributed by atoms with Gasteiger partial charge in [0.15, 0.2) is 0 Å². The molecule has 2 atom stereocenters. The van der Waals surface area contributed by atoms with Crippen molar-refractivity contribution in [3.63, 3.8) is 0 Å². The van der Waals surface area contributed by atoms with Gasteiger partial charge in [-0.1, -0.05) is 20.8 Å². The normalized spacial score (nSPS) is 28.7. The van der Waals surface area contributed by atoms with E-state index in [0.29, 0.717) is 17.4 Å². The van der Waals surface area contributed by atoms with Crippen LogP contribution in [0.1, 0.15) is 27.2 Å². The average molecular weight is 217 g/mol. The maximum atomic E-state index is 8.95. The van der Waals surface area contributed by atoms with Crippen LogP contribution >= 0.6 is 11.8 Å². The van der Waals surface area contributed by atoms with E-state index in [0.717, 1.165) is 6.54 Å². The van der Waals surface area contributed by atoms with E-state index in [4.69, 9.17) is 5.11 Å². The number of aliphatic hydroxyl groups excluding tert-OH is 1. The fourth-order valence-electron chi connectivity index (χ4n) is 1.68. The second kappa shape index (κ2) is 5.38. The molecule has 84 valence electrons. The number of hydrogen-bond donors (Lipinski definition) is 2. The minimum absolute atomic E-state index is 0.285. The van der Waals surface area contributed by atoms with Crippen molar-refractivity contribution >= 4 is 11.8 Å². The standard InChI is InChI=1S/C11H23NOS/c1-9(7-13)6-12-10-8-14-5-4-11(10,2)3/h9-10,12-13H,4-8H2,1-3H3. The van der Waals surface area contributed by atoms with Gasteiger partial charge in [0.2, 0.25) is 0 Å². The first-order valence-corrected chi connectivity index (χ1v) is 6.63. The molecule has 0 aliphatic carbocycles. The second-order valence-electron chi connectivity index (χ2n) is 5.06. The van der Waals surface area contributed by atoms with Gasteiger partial charge in [0.1, 0.15) is 0 Å². The third-order valence-electron chi connectivity index (χ3n) is 3.14. The van der Waals surface area contributed by atoms with Crippen molar-refractivity contribution < 1.29 is 5.11 Å². The van der Waals surface area contributed by atoms with Crippen LogP contribution < -0.4 is 5.32 Å². The minimum Gasteiger partial charge on any atom is -0.396 e. The molecule has 0 spiro atoms. The van der Waals surface area contributed by atoms with Crippen molar-refractivity contribution in [1.29, 1.82) is 0 Å². The molecule has 0 bridgehead atoms. The van der Waals surface area contributed by atoms with Crippen molar-refractivity contribution in [3.8, 4) is 0 Å². The van der Waals surface area contributed by atoms with Gasteiger partial charge in [0.25, 0.3) is 0 Å². The summed E-state index contributed by atoms with van der Waals surface area (Å²) in [6, 6.07) is 0.607. The maximum absolute atomic E-state index is 8.95. The Balaban J connectivity index is 2.34. The smallest absolute Gasteiger partial charge is 0.0468 e. The van der Waals surface area contributed by atoms with Gasteiger partial charge >= 0.3 is 0 Å². The average Bonchev–Trinajstić information content (AvgIpc) is 2.15. The van der Waals surface area contributed by atoms with E-state index in [9.17, 15) is 0 Å². The van der Waals surface area contributed by atoms with Gasteiger partial charge in [0.05, 0.1) is 0 Å². The Morgan fingerprint density at radius 1 is 1.57 bits per heavy atom. The van der Waals surface area contributed by atoms with Gasteiger partial charge < -0.3 is 10.4 Å². The van der Waals surface area contributed by atoms with Crippen molar-refractivity contribution in [2.75, 3.05) is 24.7 Å². The molecule has 14 heavy (non-hydrogen) atoms. The van der Waals surface area contributed by atoms with Crippen LogP contribution in [0.25, 0.3) is 0 Å². The zero-order chi connectivity index (χ0) is 10.6. The number of aliphatic hydroxyl groups is 1. The maximum Gasteiger partial charge on any atom is 0.0468 e. The lowest BCUT2D eigenvalue weighted by Gasteiger charge is -2.39. The lowest BCUT2D eigenvalue weighted by molar-refractivity contribution is 0.203. The topological polar surface area (TPSA) is 32.3 Å². The highest BCUT2D eigenvalue weighted by Crippen LogP contribution is 2.34. The van der Waals surface area contributed by atoms with Crippen LogP contribution in [-0.2, 0) is 0 Å². The van der Waals surface area contributed by atoms with Crippen molar-refractivity contribution in [3.05, 3.63) is 0 Å². The number of hydrogen-bond acceptors (Lipinski definition) is 3. The zero-order valence-corrected chi connectivity index (χ0v) is 10.4. The molecule has 1 aliphatic rings. The van der Waals surface area contributed by atoms with E-state index >= 15 is 0 Å². The Kier molecular flexibility index (Phi) is 4.74. The monoisotopic (exact) mass is 217 g/mol. The van der Waals surface area contributed by atoms with Crippen molar-refractivity contribution in [1.82, 2.24) is 5.32 Å². The van der Waals surface area contributed by atoms with E-state index < -0.39 is 0 Å². The van der Waals surface area contributed by atoms with Crippen molar-refractivity contribution in [2.45, 2.75) is 33.2 Å². The molecule has 0 radical (unpaired) electrons. The summed E-state index contributed by atoms with van der Waals surface area (Å²) in [6.07, 6.45) is 1.29. The molecule has 1 saturated heterocycles. The molecule has 1 fully saturated rings. The molecule has 0 aromatic heterocycles. The summed E-state index contributed by atoms with van der Waals surface area (Å²) in [5.74, 6) is 2.88. The molecule has 2 N–H and O–H groups in total. The lowest BCUT2D eigenvalue weighted by atomic mass is 9.82. The van der Waals surface area contributed by atoms with Gasteiger partial charge in [-0.05, 0) is 23.5 Å². The van der Waals surface area contributed by atoms with Crippen LogP contribution in [0, 0.1) is 11.3 Å². The lowest BCUT2D eigenvalue weighted by Crippen LogP contribution is -2.48. The predicted molar refractivity (Wildman–Crippen MR) is 63.8 cm³/mol. The van der Waals surface area contributed by atoms with Crippen LogP contribution in [-0.4, -0.2) is 35.8 Å². The van der Waals surface area contributed by atoms with Crippen LogP contribution in [0.5, 0.6) is 0 Å². The third-order valence-corrected chi connectivity index (χ3v) is 4.20. The van der Waals surface area contributed by atoms with Crippen LogP contribution in [0.4, 0.5) is 0 Å².